The van der Waals surface area contributed by atoms with Crippen molar-refractivity contribution >= 4 is 22.4 Å². The second-order valence-corrected chi connectivity index (χ2v) is 7.29. The van der Waals surface area contributed by atoms with Crippen molar-refractivity contribution in [2.75, 3.05) is 11.9 Å². The first-order valence-corrected chi connectivity index (χ1v) is 8.15. The van der Waals surface area contributed by atoms with Crippen molar-refractivity contribution < 1.29 is 9.53 Å². The Balaban J connectivity index is 1.93. The fraction of sp³-hybridized carbons (Fsp3) is 0.412. The Bertz CT molecular complexity index is 630. The molecule has 0 aliphatic rings. The molecule has 1 aromatic carbocycles. The fourth-order valence-electron chi connectivity index (χ4n) is 1.95. The first-order valence-electron chi connectivity index (χ1n) is 7.34. The third kappa shape index (κ3) is 4.84. The van der Waals surface area contributed by atoms with Crippen molar-refractivity contribution in [3.8, 4) is 0 Å². The molecule has 4 nitrogen and oxygen atoms in total. The number of hydrogen-bond acceptors (Lipinski definition) is 5. The van der Waals surface area contributed by atoms with Gasteiger partial charge in [0.1, 0.15) is 5.60 Å². The number of nitrogens with one attached hydrogen (secondary N) is 1. The van der Waals surface area contributed by atoms with Crippen molar-refractivity contribution in [3.63, 3.8) is 0 Å². The molecule has 5 heteroatoms. The summed E-state index contributed by atoms with van der Waals surface area (Å²) in [5.74, 6) is -0.364. The number of nitrogens with zero attached hydrogens (tertiary/aromatic N) is 1. The highest BCUT2D eigenvalue weighted by atomic mass is 32.1. The highest BCUT2D eigenvalue weighted by Gasteiger charge is 2.22. The molecule has 0 amide bonds. The first-order chi connectivity index (χ1) is 10.3. The molecule has 0 aliphatic heterocycles. The van der Waals surface area contributed by atoms with E-state index in [9.17, 15) is 4.79 Å². The van der Waals surface area contributed by atoms with E-state index in [0.29, 0.717) is 5.69 Å². The van der Waals surface area contributed by atoms with Gasteiger partial charge in [0, 0.05) is 11.4 Å². The van der Waals surface area contributed by atoms with Crippen LogP contribution >= 0.6 is 11.3 Å². The van der Waals surface area contributed by atoms with Crippen molar-refractivity contribution in [1.82, 2.24) is 4.98 Å². The summed E-state index contributed by atoms with van der Waals surface area (Å²) in [5, 5.41) is 4.03. The van der Waals surface area contributed by atoms with Crippen LogP contribution in [0.4, 0.5) is 5.13 Å². The van der Waals surface area contributed by atoms with E-state index in [0.717, 1.165) is 23.0 Å². The Morgan fingerprint density at radius 3 is 2.59 bits per heavy atom. The van der Waals surface area contributed by atoms with E-state index in [1.54, 1.807) is 0 Å². The Labute approximate surface area is 135 Å². The van der Waals surface area contributed by atoms with Crippen LogP contribution in [0.1, 0.15) is 41.7 Å². The van der Waals surface area contributed by atoms with Gasteiger partial charge in [-0.05, 0) is 39.7 Å². The zero-order valence-corrected chi connectivity index (χ0v) is 14.3. The smallest absolute Gasteiger partial charge is 0.358 e. The Kier molecular flexibility index (Phi) is 5.19. The van der Waals surface area contributed by atoms with Gasteiger partial charge in [-0.25, -0.2) is 9.78 Å². The van der Waals surface area contributed by atoms with E-state index >= 15 is 0 Å². The molecule has 0 saturated carbocycles. The minimum absolute atomic E-state index is 0.364. The van der Waals surface area contributed by atoms with Gasteiger partial charge in [0.25, 0.3) is 0 Å². The SMILES string of the molecule is Cc1sc(NCCc2ccccc2)nc1C(=O)OC(C)(C)C. The molecule has 1 N–H and O–H groups in total. The first kappa shape index (κ1) is 16.5. The standard InChI is InChI=1S/C17H22N2O2S/c1-12-14(15(20)21-17(2,3)4)19-16(22-12)18-11-10-13-8-6-5-7-9-13/h5-9H,10-11H2,1-4H3,(H,18,19). The van der Waals surface area contributed by atoms with Gasteiger partial charge in [-0.2, -0.15) is 0 Å². The maximum atomic E-state index is 12.1. The maximum Gasteiger partial charge on any atom is 0.358 e. The van der Waals surface area contributed by atoms with E-state index in [1.807, 2.05) is 45.9 Å². The Hall–Kier alpha value is -1.88. The monoisotopic (exact) mass is 318 g/mol. The highest BCUT2D eigenvalue weighted by Crippen LogP contribution is 2.24. The lowest BCUT2D eigenvalue weighted by Gasteiger charge is -2.18. The van der Waals surface area contributed by atoms with Gasteiger partial charge in [-0.3, -0.25) is 0 Å². The number of anilines is 1. The molecule has 22 heavy (non-hydrogen) atoms. The molecule has 0 spiro atoms. The Morgan fingerprint density at radius 2 is 1.95 bits per heavy atom. The molecular weight excluding hydrogens is 296 g/mol. The number of aryl methyl sites for hydroxylation is 1. The summed E-state index contributed by atoms with van der Waals surface area (Å²) in [6, 6.07) is 10.3. The van der Waals surface area contributed by atoms with E-state index in [2.05, 4.69) is 22.4 Å². The minimum atomic E-state index is -0.506. The van der Waals surface area contributed by atoms with E-state index in [4.69, 9.17) is 4.74 Å². The van der Waals surface area contributed by atoms with Gasteiger partial charge in [0.15, 0.2) is 10.8 Å². The molecule has 0 aliphatic carbocycles. The molecule has 2 rings (SSSR count). The average molecular weight is 318 g/mol. The van der Waals surface area contributed by atoms with Gasteiger partial charge in [-0.1, -0.05) is 30.3 Å². The zero-order valence-electron chi connectivity index (χ0n) is 13.5. The number of carbonyl (C=O) groups is 1. The number of ether oxygens (including phenoxy) is 1. The van der Waals surface area contributed by atoms with Crippen molar-refractivity contribution in [2.45, 2.75) is 39.7 Å². The Morgan fingerprint density at radius 1 is 1.27 bits per heavy atom. The quantitative estimate of drug-likeness (QED) is 0.845. The lowest BCUT2D eigenvalue weighted by atomic mass is 10.1. The topological polar surface area (TPSA) is 51.2 Å². The lowest BCUT2D eigenvalue weighted by Crippen LogP contribution is -2.24. The molecule has 0 radical (unpaired) electrons. The number of esters is 1. The number of hydrogen-bond donors (Lipinski definition) is 1. The van der Waals surface area contributed by atoms with E-state index in [1.165, 1.54) is 16.9 Å². The number of thiazole rings is 1. The summed E-state index contributed by atoms with van der Waals surface area (Å²) in [4.78, 5) is 17.3. The summed E-state index contributed by atoms with van der Waals surface area (Å²) < 4.78 is 5.37. The molecule has 0 saturated heterocycles. The number of benzene rings is 1. The number of rotatable bonds is 5. The van der Waals surface area contributed by atoms with Crippen molar-refractivity contribution in [1.29, 1.82) is 0 Å². The van der Waals surface area contributed by atoms with Crippen molar-refractivity contribution in [3.05, 3.63) is 46.5 Å². The third-order valence-electron chi connectivity index (χ3n) is 2.92. The third-order valence-corrected chi connectivity index (χ3v) is 3.85. The number of aromatic nitrogens is 1. The van der Waals surface area contributed by atoms with Gasteiger partial charge in [0.05, 0.1) is 0 Å². The van der Waals surface area contributed by atoms with Gasteiger partial charge >= 0.3 is 5.97 Å². The van der Waals surface area contributed by atoms with Crippen LogP contribution in [0.25, 0.3) is 0 Å². The van der Waals surface area contributed by atoms with Crippen LogP contribution in [-0.4, -0.2) is 23.1 Å². The second-order valence-electron chi connectivity index (χ2n) is 6.09. The van der Waals surface area contributed by atoms with Crippen LogP contribution in [0.5, 0.6) is 0 Å². The summed E-state index contributed by atoms with van der Waals surface area (Å²) in [7, 11) is 0. The number of carbonyl (C=O) groups excluding carboxylic acids is 1. The van der Waals surface area contributed by atoms with Crippen LogP contribution < -0.4 is 5.32 Å². The van der Waals surface area contributed by atoms with Crippen LogP contribution in [0.3, 0.4) is 0 Å². The molecule has 0 fully saturated rings. The van der Waals surface area contributed by atoms with Crippen LogP contribution in [0, 0.1) is 6.92 Å². The largest absolute Gasteiger partial charge is 0.455 e. The molecule has 118 valence electrons. The van der Waals surface area contributed by atoms with Crippen LogP contribution in [0.2, 0.25) is 0 Å². The highest BCUT2D eigenvalue weighted by molar-refractivity contribution is 7.15. The zero-order chi connectivity index (χ0) is 16.2. The van der Waals surface area contributed by atoms with Crippen molar-refractivity contribution in [2.24, 2.45) is 0 Å². The minimum Gasteiger partial charge on any atom is -0.455 e. The molecular formula is C17H22N2O2S. The maximum absolute atomic E-state index is 12.1. The summed E-state index contributed by atoms with van der Waals surface area (Å²) in [6.45, 7) is 8.23. The molecule has 2 aromatic rings. The average Bonchev–Trinajstić information content (AvgIpc) is 2.79. The van der Waals surface area contributed by atoms with E-state index < -0.39 is 5.60 Å². The van der Waals surface area contributed by atoms with Crippen LogP contribution in [-0.2, 0) is 11.2 Å². The van der Waals surface area contributed by atoms with Crippen LogP contribution in [0.15, 0.2) is 30.3 Å². The fourth-order valence-corrected chi connectivity index (χ4v) is 2.77. The van der Waals surface area contributed by atoms with E-state index in [-0.39, 0.29) is 5.97 Å². The molecule has 0 unspecified atom stereocenters. The lowest BCUT2D eigenvalue weighted by molar-refractivity contribution is 0.00631. The van der Waals surface area contributed by atoms with Gasteiger partial charge < -0.3 is 10.1 Å². The summed E-state index contributed by atoms with van der Waals surface area (Å²) >= 11 is 1.48. The molecule has 0 bridgehead atoms. The predicted molar refractivity (Wildman–Crippen MR) is 90.7 cm³/mol. The summed E-state index contributed by atoms with van der Waals surface area (Å²) in [5.41, 5.74) is 1.17. The predicted octanol–water partition coefficient (Wildman–Crippen LogP) is 4.06. The molecule has 1 aromatic heterocycles. The molecule has 0 atom stereocenters. The normalized spacial score (nSPS) is 11.3. The van der Waals surface area contributed by atoms with Gasteiger partial charge in [-0.15, -0.1) is 11.3 Å². The molecule has 1 heterocycles. The second kappa shape index (κ2) is 6.92. The van der Waals surface area contributed by atoms with Gasteiger partial charge in [0.2, 0.25) is 0 Å². The summed E-state index contributed by atoms with van der Waals surface area (Å²) in [6.07, 6.45) is 0.918.